The van der Waals surface area contributed by atoms with Crippen molar-refractivity contribution < 1.29 is 0 Å². The lowest BCUT2D eigenvalue weighted by Gasteiger charge is -2.49. The highest BCUT2D eigenvalue weighted by atomic mass is 15.2. The second-order valence-electron chi connectivity index (χ2n) is 7.32. The van der Waals surface area contributed by atoms with Crippen molar-refractivity contribution in [1.29, 1.82) is 0 Å². The van der Waals surface area contributed by atoms with Gasteiger partial charge in [0.1, 0.15) is 0 Å². The third-order valence-corrected chi connectivity index (χ3v) is 5.82. The Balaban J connectivity index is 2.80. The third-order valence-electron chi connectivity index (χ3n) is 5.82. The summed E-state index contributed by atoms with van der Waals surface area (Å²) >= 11 is 0. The first-order valence-electron chi connectivity index (χ1n) is 9.51. The summed E-state index contributed by atoms with van der Waals surface area (Å²) in [6.07, 6.45) is 13.8. The molecule has 0 bridgehead atoms. The molecule has 126 valence electrons. The van der Waals surface area contributed by atoms with Crippen LogP contribution in [0.1, 0.15) is 85.0 Å². The molecule has 1 rings (SSSR count). The average Bonchev–Trinajstić information content (AvgIpc) is 2.50. The van der Waals surface area contributed by atoms with Crippen molar-refractivity contribution in [2.45, 2.75) is 96.6 Å². The summed E-state index contributed by atoms with van der Waals surface area (Å²) in [5.41, 5.74) is 0.397. The zero-order valence-corrected chi connectivity index (χ0v) is 15.4. The molecule has 1 aliphatic carbocycles. The number of hydrogen-bond donors (Lipinski definition) is 1. The minimum Gasteiger partial charge on any atom is -0.312 e. The minimum atomic E-state index is 0.397. The van der Waals surface area contributed by atoms with Crippen LogP contribution in [0.3, 0.4) is 0 Å². The molecule has 2 unspecified atom stereocenters. The van der Waals surface area contributed by atoms with E-state index in [9.17, 15) is 0 Å². The maximum Gasteiger partial charge on any atom is 0.0356 e. The maximum atomic E-state index is 3.87. The fraction of sp³-hybridized carbons (Fsp3) is 1.00. The molecule has 0 heterocycles. The van der Waals surface area contributed by atoms with Gasteiger partial charge in [0.2, 0.25) is 0 Å². The fourth-order valence-electron chi connectivity index (χ4n) is 4.33. The van der Waals surface area contributed by atoms with Gasteiger partial charge in [0.15, 0.2) is 0 Å². The van der Waals surface area contributed by atoms with Crippen LogP contribution < -0.4 is 5.32 Å². The van der Waals surface area contributed by atoms with Gasteiger partial charge in [0.25, 0.3) is 0 Å². The largest absolute Gasteiger partial charge is 0.312 e. The van der Waals surface area contributed by atoms with E-state index < -0.39 is 0 Å². The van der Waals surface area contributed by atoms with Crippen LogP contribution in [0.15, 0.2) is 0 Å². The van der Waals surface area contributed by atoms with Crippen molar-refractivity contribution >= 4 is 0 Å². The van der Waals surface area contributed by atoms with E-state index >= 15 is 0 Å². The number of rotatable bonds is 10. The Morgan fingerprint density at radius 2 is 1.71 bits per heavy atom. The number of nitrogens with zero attached hydrogens (tertiary/aromatic N) is 1. The van der Waals surface area contributed by atoms with E-state index in [1.165, 1.54) is 64.2 Å². The van der Waals surface area contributed by atoms with Gasteiger partial charge in [-0.15, -0.1) is 0 Å². The summed E-state index contributed by atoms with van der Waals surface area (Å²) in [5, 5.41) is 3.87. The van der Waals surface area contributed by atoms with Crippen LogP contribution in [0.25, 0.3) is 0 Å². The molecule has 0 aromatic rings. The summed E-state index contributed by atoms with van der Waals surface area (Å²) in [6.45, 7) is 8.07. The number of nitrogens with one attached hydrogen (secondary N) is 1. The predicted molar refractivity (Wildman–Crippen MR) is 94.9 cm³/mol. The topological polar surface area (TPSA) is 15.3 Å². The van der Waals surface area contributed by atoms with Crippen molar-refractivity contribution in [2.75, 3.05) is 20.6 Å². The second-order valence-corrected chi connectivity index (χ2v) is 7.32. The zero-order valence-electron chi connectivity index (χ0n) is 15.4. The number of hydrogen-bond acceptors (Lipinski definition) is 2. The van der Waals surface area contributed by atoms with Gasteiger partial charge in [-0.25, -0.2) is 0 Å². The standard InChI is InChI=1S/C19H40N2/c1-6-9-13-17(7-2)16-18(20-8-3)19(21(4)5)14-11-10-12-15-19/h17-18,20H,6-16H2,1-5H3. The van der Waals surface area contributed by atoms with Gasteiger partial charge in [-0.05, 0) is 45.8 Å². The number of unbranched alkanes of at least 4 members (excludes halogenated alkanes) is 1. The summed E-state index contributed by atoms with van der Waals surface area (Å²) in [4.78, 5) is 2.55. The summed E-state index contributed by atoms with van der Waals surface area (Å²) in [6, 6.07) is 0.666. The van der Waals surface area contributed by atoms with Crippen LogP contribution in [-0.4, -0.2) is 37.1 Å². The highest BCUT2D eigenvalue weighted by Crippen LogP contribution is 2.38. The lowest BCUT2D eigenvalue weighted by Crippen LogP contribution is -2.60. The SMILES string of the molecule is CCCCC(CC)CC(NCC)C1(N(C)C)CCCCC1. The van der Waals surface area contributed by atoms with Gasteiger partial charge in [0.05, 0.1) is 0 Å². The maximum absolute atomic E-state index is 3.87. The molecule has 0 saturated heterocycles. The van der Waals surface area contributed by atoms with E-state index in [1.54, 1.807) is 0 Å². The normalized spacial score (nSPS) is 21.4. The van der Waals surface area contributed by atoms with Crippen molar-refractivity contribution in [2.24, 2.45) is 5.92 Å². The third kappa shape index (κ3) is 5.25. The molecule has 2 heteroatoms. The Morgan fingerprint density at radius 1 is 1.05 bits per heavy atom. The van der Waals surface area contributed by atoms with Crippen molar-refractivity contribution in [3.8, 4) is 0 Å². The molecule has 0 aromatic heterocycles. The molecule has 1 N–H and O–H groups in total. The molecule has 2 nitrogen and oxygen atoms in total. The quantitative estimate of drug-likeness (QED) is 0.621. The van der Waals surface area contributed by atoms with Crippen molar-refractivity contribution in [3.05, 3.63) is 0 Å². The van der Waals surface area contributed by atoms with E-state index in [0.717, 1.165) is 12.5 Å². The van der Waals surface area contributed by atoms with Gasteiger partial charge < -0.3 is 10.2 Å². The molecule has 1 saturated carbocycles. The van der Waals surface area contributed by atoms with Gasteiger partial charge in [0, 0.05) is 11.6 Å². The summed E-state index contributed by atoms with van der Waals surface area (Å²) in [5.74, 6) is 0.896. The smallest absolute Gasteiger partial charge is 0.0356 e. The second kappa shape index (κ2) is 9.84. The van der Waals surface area contributed by atoms with Gasteiger partial charge in [-0.3, -0.25) is 0 Å². The molecule has 0 aliphatic heterocycles. The lowest BCUT2D eigenvalue weighted by atomic mass is 9.72. The van der Waals surface area contributed by atoms with E-state index in [0.29, 0.717) is 11.6 Å². The number of likely N-dealkylation sites (N-methyl/N-ethyl adjacent to an activating group) is 2. The van der Waals surface area contributed by atoms with Gasteiger partial charge in [-0.2, -0.15) is 0 Å². The van der Waals surface area contributed by atoms with Crippen LogP contribution in [0.2, 0.25) is 0 Å². The molecular formula is C19H40N2. The van der Waals surface area contributed by atoms with Gasteiger partial charge in [-0.1, -0.05) is 65.7 Å². The first-order chi connectivity index (χ1) is 10.1. The van der Waals surface area contributed by atoms with Crippen LogP contribution in [0.4, 0.5) is 0 Å². The van der Waals surface area contributed by atoms with E-state index in [1.807, 2.05) is 0 Å². The molecule has 21 heavy (non-hydrogen) atoms. The van der Waals surface area contributed by atoms with Crippen LogP contribution in [-0.2, 0) is 0 Å². The minimum absolute atomic E-state index is 0.397. The van der Waals surface area contributed by atoms with Crippen molar-refractivity contribution in [3.63, 3.8) is 0 Å². The first kappa shape index (κ1) is 19.0. The van der Waals surface area contributed by atoms with Crippen LogP contribution >= 0.6 is 0 Å². The predicted octanol–water partition coefficient (Wildman–Crippen LogP) is 4.84. The molecule has 1 fully saturated rings. The van der Waals surface area contributed by atoms with E-state index in [-0.39, 0.29) is 0 Å². The Kier molecular flexibility index (Phi) is 8.89. The Bertz CT molecular complexity index is 256. The van der Waals surface area contributed by atoms with Crippen LogP contribution in [0.5, 0.6) is 0 Å². The highest BCUT2D eigenvalue weighted by molar-refractivity contribution is 5.01. The van der Waals surface area contributed by atoms with Gasteiger partial charge >= 0.3 is 0 Å². The molecular weight excluding hydrogens is 256 g/mol. The van der Waals surface area contributed by atoms with Crippen molar-refractivity contribution in [1.82, 2.24) is 10.2 Å². The molecule has 0 aromatic carbocycles. The Hall–Kier alpha value is -0.0800. The molecule has 0 radical (unpaired) electrons. The first-order valence-corrected chi connectivity index (χ1v) is 9.51. The molecule has 0 spiro atoms. The summed E-state index contributed by atoms with van der Waals surface area (Å²) < 4.78 is 0. The molecule has 1 aliphatic rings. The highest BCUT2D eigenvalue weighted by Gasteiger charge is 2.41. The average molecular weight is 297 g/mol. The summed E-state index contributed by atoms with van der Waals surface area (Å²) in [7, 11) is 4.62. The Morgan fingerprint density at radius 3 is 2.19 bits per heavy atom. The van der Waals surface area contributed by atoms with E-state index in [2.05, 4.69) is 45.1 Å². The lowest BCUT2D eigenvalue weighted by molar-refractivity contribution is 0.0462. The van der Waals surface area contributed by atoms with Crippen LogP contribution in [0, 0.1) is 5.92 Å². The molecule has 0 amide bonds. The fourth-order valence-corrected chi connectivity index (χ4v) is 4.33. The van der Waals surface area contributed by atoms with E-state index in [4.69, 9.17) is 0 Å². The molecule has 2 atom stereocenters. The zero-order chi connectivity index (χ0) is 15.7. The Labute approximate surface area is 134 Å². The monoisotopic (exact) mass is 296 g/mol.